The molecule has 2 heterocycles. The molecule has 406 valence electrons. The average molecular weight is 1090 g/mol. The van der Waals surface area contributed by atoms with Gasteiger partial charge in [-0.2, -0.15) is 10.2 Å². The summed E-state index contributed by atoms with van der Waals surface area (Å²) < 4.78 is 66.6. The van der Waals surface area contributed by atoms with E-state index in [-0.39, 0.29) is 102 Å². The Hall–Kier alpha value is -6.98. The zero-order valence-corrected chi connectivity index (χ0v) is 44.8. The number of ether oxygens (including phenoxy) is 6. The summed E-state index contributed by atoms with van der Waals surface area (Å²) >= 11 is 12.5. The van der Waals surface area contributed by atoms with E-state index < -0.39 is 52.3 Å². The van der Waals surface area contributed by atoms with Gasteiger partial charge in [-0.1, -0.05) is 69.1 Å². The van der Waals surface area contributed by atoms with Crippen molar-refractivity contribution < 1.29 is 51.6 Å². The Morgan fingerprint density at radius 2 is 1.68 bits per heavy atom. The number of nitrogens with two attached hydrogens (primary N) is 2. The zero-order valence-electron chi connectivity index (χ0n) is 43.3. The molecule has 1 unspecified atom stereocenters. The molecule has 2 amide bonds. The summed E-state index contributed by atoms with van der Waals surface area (Å²) in [6.45, 7) is 11.0. The third-order valence-corrected chi connectivity index (χ3v) is 13.1. The number of hydrogen-bond donors (Lipinski definition) is 5. The van der Waals surface area contributed by atoms with E-state index in [9.17, 15) is 19.6 Å². The third kappa shape index (κ3) is 14.5. The average Bonchev–Trinajstić information content (AvgIpc) is 3.70. The normalized spacial score (nSPS) is 17.1. The van der Waals surface area contributed by atoms with Gasteiger partial charge in [-0.05, 0) is 97.3 Å². The SMILES string of the molecule is CCOC(=O)CCc1cc(OCCOCCNC(=O)c2ccc(NC(=O)C3N[C@H](CC(C)(C)C)[C@@](C#N)(c4ccc(Cl)cc4F)[C@@H]3c3cccc(Cl)c3F)c(OC)c2)ccc1OCCCOc1c(N)nc(N)nc1CC. The van der Waals surface area contributed by atoms with E-state index in [1.165, 1.54) is 55.6 Å². The number of carbonyl (C=O) groups excluding carboxylic acids is 3. The molecule has 4 aromatic carbocycles. The number of hydrogen-bond acceptors (Lipinski definition) is 15. The second kappa shape index (κ2) is 26.7. The molecule has 0 bridgehead atoms. The van der Waals surface area contributed by atoms with Crippen LogP contribution in [0.1, 0.15) is 92.5 Å². The van der Waals surface area contributed by atoms with E-state index in [1.807, 2.05) is 27.7 Å². The number of aromatic nitrogens is 2. The number of methoxy groups -OCH3 is 1. The van der Waals surface area contributed by atoms with Crippen LogP contribution < -0.4 is 46.4 Å². The molecule has 76 heavy (non-hydrogen) atoms. The van der Waals surface area contributed by atoms with Crippen molar-refractivity contribution >= 4 is 58.4 Å². The Morgan fingerprint density at radius 3 is 2.39 bits per heavy atom. The summed E-state index contributed by atoms with van der Waals surface area (Å²) in [5.74, 6) is -2.49. The van der Waals surface area contributed by atoms with Crippen LogP contribution in [0.4, 0.5) is 26.2 Å². The van der Waals surface area contributed by atoms with E-state index in [1.54, 1.807) is 25.1 Å². The number of benzene rings is 4. The Bertz CT molecular complexity index is 2900. The maximum atomic E-state index is 16.2. The highest BCUT2D eigenvalue weighted by atomic mass is 35.5. The first-order valence-corrected chi connectivity index (χ1v) is 25.6. The van der Waals surface area contributed by atoms with Crippen molar-refractivity contribution in [2.24, 2.45) is 5.41 Å². The fourth-order valence-corrected chi connectivity index (χ4v) is 9.50. The Labute approximate surface area is 451 Å². The standard InChI is InChI=1S/C55H64Cl2F2N8O9/c1-7-40-49(50(61)67-53(62)65-40)76-23-10-22-75-42-19-16-35(27-32(42)14-20-45(68)73-8-2)74-26-25-72-24-21-63-51(69)33-13-18-41(43(28-33)71-6)64-52(70)48-46(36-11-9-12-38(57)47(36)59)55(31-60,44(66-48)30-54(3,4)5)37-17-15-34(56)29-39(37)58/h9,11-13,15-19,27-29,44,46,48,66H,7-8,10,14,20-26,30H2,1-6H3,(H,63,69)(H,64,70)(H4,61,62,65,67)/t44-,46-,48?,55-/m1/s1. The Balaban J connectivity index is 1.04. The van der Waals surface area contributed by atoms with Crippen LogP contribution in [0.2, 0.25) is 10.0 Å². The lowest BCUT2D eigenvalue weighted by Gasteiger charge is -2.37. The lowest BCUT2D eigenvalue weighted by molar-refractivity contribution is -0.143. The van der Waals surface area contributed by atoms with Crippen LogP contribution in [0.5, 0.6) is 23.0 Å². The lowest BCUT2D eigenvalue weighted by Crippen LogP contribution is -2.45. The molecule has 4 atom stereocenters. The fourth-order valence-electron chi connectivity index (χ4n) is 9.16. The molecule has 1 aliphatic rings. The van der Waals surface area contributed by atoms with E-state index in [0.29, 0.717) is 55.4 Å². The first-order chi connectivity index (χ1) is 36.3. The highest BCUT2D eigenvalue weighted by Crippen LogP contribution is 2.53. The zero-order chi connectivity index (χ0) is 55.2. The second-order valence-electron chi connectivity index (χ2n) is 19.0. The summed E-state index contributed by atoms with van der Waals surface area (Å²) in [4.78, 5) is 48.3. The summed E-state index contributed by atoms with van der Waals surface area (Å²) in [5, 5.41) is 20.0. The molecule has 1 fully saturated rings. The first-order valence-electron chi connectivity index (χ1n) is 24.8. The van der Waals surface area contributed by atoms with Crippen molar-refractivity contribution in [2.75, 3.05) is 70.1 Å². The van der Waals surface area contributed by atoms with Crippen molar-refractivity contribution in [1.82, 2.24) is 20.6 Å². The van der Waals surface area contributed by atoms with Gasteiger partial charge in [0, 0.05) is 47.5 Å². The lowest BCUT2D eigenvalue weighted by atomic mass is 9.62. The number of rotatable bonds is 25. The van der Waals surface area contributed by atoms with Gasteiger partial charge >= 0.3 is 5.97 Å². The monoisotopic (exact) mass is 1090 g/mol. The number of amides is 2. The molecule has 6 rings (SSSR count). The highest BCUT2D eigenvalue weighted by Gasteiger charge is 2.61. The van der Waals surface area contributed by atoms with Crippen LogP contribution in [0, 0.1) is 28.4 Å². The predicted molar refractivity (Wildman–Crippen MR) is 285 cm³/mol. The van der Waals surface area contributed by atoms with Crippen molar-refractivity contribution in [3.05, 3.63) is 122 Å². The molecule has 0 radical (unpaired) electrons. The quantitative estimate of drug-likeness (QED) is 0.0271. The maximum absolute atomic E-state index is 16.2. The molecule has 7 N–H and O–H groups in total. The molecular formula is C55H64Cl2F2N8O9. The number of anilines is 3. The second-order valence-corrected chi connectivity index (χ2v) is 19.9. The van der Waals surface area contributed by atoms with Crippen LogP contribution in [-0.2, 0) is 37.3 Å². The molecule has 17 nitrogen and oxygen atoms in total. The van der Waals surface area contributed by atoms with Crippen LogP contribution in [0.25, 0.3) is 0 Å². The highest BCUT2D eigenvalue weighted by molar-refractivity contribution is 6.31. The van der Waals surface area contributed by atoms with Crippen molar-refractivity contribution in [3.8, 4) is 29.1 Å². The maximum Gasteiger partial charge on any atom is 0.306 e. The predicted octanol–water partition coefficient (Wildman–Crippen LogP) is 8.93. The molecular weight excluding hydrogens is 1030 g/mol. The largest absolute Gasteiger partial charge is 0.495 e. The van der Waals surface area contributed by atoms with Crippen molar-refractivity contribution in [1.29, 1.82) is 5.26 Å². The summed E-state index contributed by atoms with van der Waals surface area (Å²) in [6, 6.07) is 18.2. The summed E-state index contributed by atoms with van der Waals surface area (Å²) in [5.41, 5.74) is 11.1. The van der Waals surface area contributed by atoms with E-state index in [4.69, 9.17) is 63.1 Å². The van der Waals surface area contributed by atoms with Gasteiger partial charge in [0.05, 0.1) is 68.7 Å². The van der Waals surface area contributed by atoms with E-state index >= 15 is 8.78 Å². The number of carbonyl (C=O) groups is 3. The Morgan fingerprint density at radius 1 is 0.908 bits per heavy atom. The molecule has 21 heteroatoms. The van der Waals surface area contributed by atoms with E-state index in [2.05, 4.69) is 32.0 Å². The minimum Gasteiger partial charge on any atom is -0.495 e. The third-order valence-electron chi connectivity index (χ3n) is 12.5. The molecule has 0 spiro atoms. The molecule has 5 aromatic rings. The number of esters is 1. The van der Waals surface area contributed by atoms with Crippen LogP contribution in [0.3, 0.4) is 0 Å². The van der Waals surface area contributed by atoms with Crippen LogP contribution in [0.15, 0.2) is 72.8 Å². The van der Waals surface area contributed by atoms with Gasteiger partial charge in [0.2, 0.25) is 11.9 Å². The summed E-state index contributed by atoms with van der Waals surface area (Å²) in [6.07, 6.45) is 1.86. The number of aryl methyl sites for hydroxylation is 2. The minimum absolute atomic E-state index is 0.0554. The minimum atomic E-state index is -1.83. The van der Waals surface area contributed by atoms with E-state index in [0.717, 1.165) is 11.6 Å². The summed E-state index contributed by atoms with van der Waals surface area (Å²) in [7, 11) is 1.37. The van der Waals surface area contributed by atoms with Gasteiger partial charge in [0.15, 0.2) is 11.6 Å². The van der Waals surface area contributed by atoms with Crippen LogP contribution in [-0.4, -0.2) is 93.1 Å². The topological polar surface area (TPSA) is 244 Å². The number of nitriles is 1. The van der Waals surface area contributed by atoms with Gasteiger partial charge in [-0.25, -0.2) is 13.8 Å². The fraction of sp³-hybridized carbons (Fsp3) is 0.418. The van der Waals surface area contributed by atoms with Gasteiger partial charge in [-0.15, -0.1) is 0 Å². The molecule has 0 aliphatic carbocycles. The van der Waals surface area contributed by atoms with Gasteiger partial charge < -0.3 is 55.8 Å². The number of nitrogens with zero attached hydrogens (tertiary/aromatic N) is 3. The van der Waals surface area contributed by atoms with Gasteiger partial charge in [-0.3, -0.25) is 14.4 Å². The first kappa shape index (κ1) is 58.3. The van der Waals surface area contributed by atoms with Crippen LogP contribution >= 0.6 is 23.2 Å². The number of halogens is 4. The molecule has 1 aromatic heterocycles. The van der Waals surface area contributed by atoms with Crippen molar-refractivity contribution in [3.63, 3.8) is 0 Å². The molecule has 1 aliphatic heterocycles. The Kier molecular flexibility index (Phi) is 20.5. The van der Waals surface area contributed by atoms with Gasteiger partial charge in [0.1, 0.15) is 40.9 Å². The smallest absolute Gasteiger partial charge is 0.306 e. The molecule has 1 saturated heterocycles. The number of nitrogen functional groups attached to an aromatic ring is 2. The number of nitrogens with one attached hydrogen (secondary N) is 3. The van der Waals surface area contributed by atoms with Crippen molar-refractivity contribution in [2.45, 2.75) is 90.1 Å². The molecule has 0 saturated carbocycles. The van der Waals surface area contributed by atoms with Gasteiger partial charge in [0.25, 0.3) is 5.91 Å².